The number of phenols is 2. The van der Waals surface area contributed by atoms with Gasteiger partial charge in [-0.25, -0.2) is 0 Å². The van der Waals surface area contributed by atoms with E-state index < -0.39 is 0 Å². The molecule has 0 saturated carbocycles. The Balaban J connectivity index is 3.31. The van der Waals surface area contributed by atoms with Crippen molar-refractivity contribution in [3.05, 3.63) is 22.2 Å². The van der Waals surface area contributed by atoms with E-state index in [9.17, 15) is 4.79 Å². The molecule has 4 heteroatoms. The molecule has 11 heavy (non-hydrogen) atoms. The molecule has 3 nitrogen and oxygen atoms in total. The second kappa shape index (κ2) is 2.92. The molecule has 0 spiro atoms. The van der Waals surface area contributed by atoms with Crippen molar-refractivity contribution in [1.29, 1.82) is 0 Å². The molecule has 0 unspecified atom stereocenters. The molecule has 0 aliphatic carbocycles. The van der Waals surface area contributed by atoms with Gasteiger partial charge >= 0.3 is 0 Å². The standard InChI is InChI=1S/C7H5BrO3/c8-7-5(10)1-4(3-9)2-6(7)11/h1-3,10-11H. The largest absolute Gasteiger partial charge is 0.507 e. The highest BCUT2D eigenvalue weighted by Crippen LogP contribution is 2.33. The zero-order chi connectivity index (χ0) is 8.43. The van der Waals surface area contributed by atoms with Gasteiger partial charge in [-0.15, -0.1) is 0 Å². The Morgan fingerprint density at radius 1 is 1.27 bits per heavy atom. The Hall–Kier alpha value is -1.03. The summed E-state index contributed by atoms with van der Waals surface area (Å²) in [6, 6.07) is 2.52. The van der Waals surface area contributed by atoms with Crippen LogP contribution in [0.2, 0.25) is 0 Å². The molecule has 0 atom stereocenters. The van der Waals surface area contributed by atoms with Gasteiger partial charge in [-0.2, -0.15) is 0 Å². The highest BCUT2D eigenvalue weighted by atomic mass is 79.9. The predicted molar refractivity (Wildman–Crippen MR) is 42.9 cm³/mol. The van der Waals surface area contributed by atoms with Gasteiger partial charge in [0.05, 0.1) is 0 Å². The molecule has 0 fully saturated rings. The van der Waals surface area contributed by atoms with Crippen molar-refractivity contribution < 1.29 is 15.0 Å². The molecule has 0 saturated heterocycles. The van der Waals surface area contributed by atoms with Crippen molar-refractivity contribution in [1.82, 2.24) is 0 Å². The smallest absolute Gasteiger partial charge is 0.150 e. The van der Waals surface area contributed by atoms with Gasteiger partial charge in [0.2, 0.25) is 0 Å². The average molecular weight is 217 g/mol. The number of halogens is 1. The average Bonchev–Trinajstić information content (AvgIpc) is 1.99. The Bertz CT molecular complexity index is 273. The van der Waals surface area contributed by atoms with Crippen LogP contribution in [0, 0.1) is 0 Å². The van der Waals surface area contributed by atoms with E-state index in [0.717, 1.165) is 0 Å². The molecule has 1 aromatic rings. The van der Waals surface area contributed by atoms with Crippen molar-refractivity contribution in [2.75, 3.05) is 0 Å². The van der Waals surface area contributed by atoms with Gasteiger partial charge in [-0.05, 0) is 28.1 Å². The lowest BCUT2D eigenvalue weighted by Crippen LogP contribution is -1.80. The number of benzene rings is 1. The molecule has 0 aromatic heterocycles. The molecule has 0 amide bonds. The van der Waals surface area contributed by atoms with Gasteiger partial charge in [0, 0.05) is 5.56 Å². The van der Waals surface area contributed by atoms with E-state index in [1.807, 2.05) is 0 Å². The van der Waals surface area contributed by atoms with Crippen molar-refractivity contribution in [2.24, 2.45) is 0 Å². The van der Waals surface area contributed by atoms with Gasteiger partial charge in [-0.3, -0.25) is 4.79 Å². The van der Waals surface area contributed by atoms with Gasteiger partial charge in [0.25, 0.3) is 0 Å². The Morgan fingerprint density at radius 2 is 1.73 bits per heavy atom. The summed E-state index contributed by atoms with van der Waals surface area (Å²) in [6.45, 7) is 0. The molecule has 1 aromatic carbocycles. The minimum absolute atomic E-state index is 0.146. The number of carbonyl (C=O) groups excluding carboxylic acids is 1. The summed E-state index contributed by atoms with van der Waals surface area (Å²) in [6.07, 6.45) is 0.548. The first-order valence-corrected chi connectivity index (χ1v) is 3.61. The van der Waals surface area contributed by atoms with E-state index >= 15 is 0 Å². The first-order valence-electron chi connectivity index (χ1n) is 2.82. The number of hydrogen-bond acceptors (Lipinski definition) is 3. The first-order chi connectivity index (χ1) is 5.15. The molecule has 0 heterocycles. The van der Waals surface area contributed by atoms with Crippen molar-refractivity contribution in [2.45, 2.75) is 0 Å². The summed E-state index contributed by atoms with van der Waals surface area (Å²) >= 11 is 2.93. The number of carbonyl (C=O) groups is 1. The minimum Gasteiger partial charge on any atom is -0.507 e. The zero-order valence-corrected chi connectivity index (χ0v) is 7.00. The van der Waals surface area contributed by atoms with Crippen LogP contribution in [-0.4, -0.2) is 16.5 Å². The fourth-order valence-electron chi connectivity index (χ4n) is 0.683. The Labute approximate surface area is 71.4 Å². The molecule has 0 radical (unpaired) electrons. The summed E-state index contributed by atoms with van der Waals surface area (Å²) in [7, 11) is 0. The van der Waals surface area contributed by atoms with Crippen LogP contribution in [0.1, 0.15) is 10.4 Å². The van der Waals surface area contributed by atoms with Gasteiger partial charge in [0.15, 0.2) is 0 Å². The number of aldehydes is 1. The summed E-state index contributed by atoms with van der Waals surface area (Å²) in [5, 5.41) is 18.1. The van der Waals surface area contributed by atoms with E-state index in [1.54, 1.807) is 0 Å². The molecular weight excluding hydrogens is 212 g/mol. The SMILES string of the molecule is O=Cc1cc(O)c(Br)c(O)c1. The first kappa shape index (κ1) is 8.07. The van der Waals surface area contributed by atoms with Crippen LogP contribution < -0.4 is 0 Å². The van der Waals surface area contributed by atoms with Crippen LogP contribution >= 0.6 is 15.9 Å². The van der Waals surface area contributed by atoms with Crippen LogP contribution in [-0.2, 0) is 0 Å². The number of hydrogen-bond donors (Lipinski definition) is 2. The summed E-state index contributed by atoms with van der Waals surface area (Å²) in [5.74, 6) is -0.292. The Morgan fingerprint density at radius 3 is 2.09 bits per heavy atom. The lowest BCUT2D eigenvalue weighted by Gasteiger charge is -1.99. The molecule has 2 N–H and O–H groups in total. The van der Waals surface area contributed by atoms with Crippen LogP contribution in [0.25, 0.3) is 0 Å². The van der Waals surface area contributed by atoms with Gasteiger partial charge in [-0.1, -0.05) is 0 Å². The normalized spacial score (nSPS) is 9.55. The van der Waals surface area contributed by atoms with Crippen LogP contribution in [0.4, 0.5) is 0 Å². The lowest BCUT2D eigenvalue weighted by molar-refractivity contribution is 0.112. The minimum atomic E-state index is -0.146. The maximum atomic E-state index is 10.2. The fourth-order valence-corrected chi connectivity index (χ4v) is 0.912. The maximum absolute atomic E-state index is 10.2. The number of rotatable bonds is 1. The topological polar surface area (TPSA) is 57.5 Å². The van der Waals surface area contributed by atoms with Crippen molar-refractivity contribution >= 4 is 22.2 Å². The fraction of sp³-hybridized carbons (Fsp3) is 0. The zero-order valence-electron chi connectivity index (χ0n) is 5.41. The summed E-state index contributed by atoms with van der Waals surface area (Å²) in [4.78, 5) is 10.2. The number of phenolic OH excluding ortho intramolecular Hbond substituents is 2. The quantitative estimate of drug-likeness (QED) is 0.703. The van der Waals surface area contributed by atoms with Crippen LogP contribution in [0.15, 0.2) is 16.6 Å². The molecular formula is C7H5BrO3. The number of aromatic hydroxyl groups is 2. The summed E-state index contributed by atoms with van der Waals surface area (Å²) in [5.41, 5.74) is 0.239. The van der Waals surface area contributed by atoms with Crippen LogP contribution in [0.5, 0.6) is 11.5 Å². The highest BCUT2D eigenvalue weighted by Gasteiger charge is 2.05. The van der Waals surface area contributed by atoms with Gasteiger partial charge in [0.1, 0.15) is 22.3 Å². The van der Waals surface area contributed by atoms with E-state index in [4.69, 9.17) is 10.2 Å². The van der Waals surface area contributed by atoms with E-state index in [2.05, 4.69) is 15.9 Å². The van der Waals surface area contributed by atoms with E-state index in [-0.39, 0.29) is 21.5 Å². The molecule has 0 aliphatic heterocycles. The second-order valence-electron chi connectivity index (χ2n) is 1.99. The highest BCUT2D eigenvalue weighted by molar-refractivity contribution is 9.10. The third kappa shape index (κ3) is 1.51. The lowest BCUT2D eigenvalue weighted by atomic mass is 10.2. The third-order valence-electron chi connectivity index (χ3n) is 1.19. The van der Waals surface area contributed by atoms with E-state index in [0.29, 0.717) is 6.29 Å². The Kier molecular flexibility index (Phi) is 2.14. The van der Waals surface area contributed by atoms with Crippen molar-refractivity contribution in [3.8, 4) is 11.5 Å². The maximum Gasteiger partial charge on any atom is 0.150 e. The predicted octanol–water partition coefficient (Wildman–Crippen LogP) is 1.67. The van der Waals surface area contributed by atoms with E-state index in [1.165, 1.54) is 12.1 Å². The third-order valence-corrected chi connectivity index (χ3v) is 2.01. The molecule has 1 rings (SSSR count). The second-order valence-corrected chi connectivity index (χ2v) is 2.78. The molecule has 0 aliphatic rings. The van der Waals surface area contributed by atoms with Crippen molar-refractivity contribution in [3.63, 3.8) is 0 Å². The molecule has 0 bridgehead atoms. The molecule has 58 valence electrons. The van der Waals surface area contributed by atoms with Gasteiger partial charge < -0.3 is 10.2 Å². The summed E-state index contributed by atoms with van der Waals surface area (Å²) < 4.78 is 0.197. The van der Waals surface area contributed by atoms with Crippen LogP contribution in [0.3, 0.4) is 0 Å². The monoisotopic (exact) mass is 216 g/mol.